The van der Waals surface area contributed by atoms with Gasteiger partial charge in [-0.2, -0.15) is 11.8 Å². The van der Waals surface area contributed by atoms with Crippen molar-refractivity contribution in [3.05, 3.63) is 21.4 Å². The molecule has 0 saturated heterocycles. The van der Waals surface area contributed by atoms with Crippen LogP contribution in [0.5, 0.6) is 0 Å². The molecule has 0 saturated carbocycles. The summed E-state index contributed by atoms with van der Waals surface area (Å²) < 4.78 is 0. The van der Waals surface area contributed by atoms with Crippen molar-refractivity contribution >= 4 is 23.1 Å². The molecular formula is C10H17NS2. The van der Waals surface area contributed by atoms with Gasteiger partial charge in [-0.1, -0.05) is 0 Å². The van der Waals surface area contributed by atoms with E-state index in [0.717, 1.165) is 13.1 Å². The van der Waals surface area contributed by atoms with E-state index in [9.17, 15) is 0 Å². The van der Waals surface area contributed by atoms with Gasteiger partial charge >= 0.3 is 0 Å². The largest absolute Gasteiger partial charge is 0.311 e. The molecule has 3 heteroatoms. The highest BCUT2D eigenvalue weighted by Crippen LogP contribution is 2.19. The van der Waals surface area contributed by atoms with Crippen molar-refractivity contribution < 1.29 is 0 Å². The Morgan fingerprint density at radius 2 is 2.23 bits per heavy atom. The lowest BCUT2D eigenvalue weighted by Crippen LogP contribution is -2.15. The van der Waals surface area contributed by atoms with E-state index in [0.29, 0.717) is 0 Å². The Hall–Kier alpha value is 0.01000. The first-order chi connectivity index (χ1) is 6.24. The van der Waals surface area contributed by atoms with Crippen LogP contribution in [0.4, 0.5) is 0 Å². The summed E-state index contributed by atoms with van der Waals surface area (Å²) in [4.78, 5) is 2.90. The van der Waals surface area contributed by atoms with E-state index in [4.69, 9.17) is 0 Å². The van der Waals surface area contributed by atoms with Gasteiger partial charge in [-0.15, -0.1) is 11.3 Å². The van der Waals surface area contributed by atoms with Crippen molar-refractivity contribution in [2.45, 2.75) is 20.4 Å². The zero-order valence-corrected chi connectivity index (χ0v) is 10.1. The van der Waals surface area contributed by atoms with Crippen LogP contribution in [0.3, 0.4) is 0 Å². The number of nitrogens with one attached hydrogen (secondary N) is 1. The zero-order chi connectivity index (χ0) is 9.68. The molecule has 0 aliphatic carbocycles. The van der Waals surface area contributed by atoms with Crippen molar-refractivity contribution in [3.8, 4) is 0 Å². The monoisotopic (exact) mass is 215 g/mol. The Labute approximate surface area is 88.9 Å². The maximum Gasteiger partial charge on any atom is 0.0300 e. The highest BCUT2D eigenvalue weighted by molar-refractivity contribution is 7.98. The Morgan fingerprint density at radius 1 is 1.46 bits per heavy atom. The number of thioether (sulfide) groups is 1. The summed E-state index contributed by atoms with van der Waals surface area (Å²) in [6.45, 7) is 6.50. The van der Waals surface area contributed by atoms with E-state index in [-0.39, 0.29) is 0 Å². The van der Waals surface area contributed by atoms with Crippen LogP contribution in [0.2, 0.25) is 0 Å². The summed E-state index contributed by atoms with van der Waals surface area (Å²) in [7, 11) is 0. The molecule has 1 heterocycles. The molecule has 1 N–H and O–H groups in total. The van der Waals surface area contributed by atoms with Crippen molar-refractivity contribution in [2.75, 3.05) is 18.6 Å². The third kappa shape index (κ3) is 3.71. The molecule has 74 valence electrons. The predicted octanol–water partition coefficient (Wildman–Crippen LogP) is 2.82. The summed E-state index contributed by atoms with van der Waals surface area (Å²) in [5, 5.41) is 3.43. The molecule has 0 bridgehead atoms. The van der Waals surface area contributed by atoms with Crippen LogP contribution in [0.1, 0.15) is 15.3 Å². The van der Waals surface area contributed by atoms with Crippen LogP contribution < -0.4 is 5.32 Å². The average molecular weight is 215 g/mol. The zero-order valence-electron chi connectivity index (χ0n) is 8.52. The van der Waals surface area contributed by atoms with Gasteiger partial charge in [0.05, 0.1) is 0 Å². The lowest BCUT2D eigenvalue weighted by atomic mass is 10.3. The smallest absolute Gasteiger partial charge is 0.0300 e. The predicted molar refractivity (Wildman–Crippen MR) is 63.9 cm³/mol. The number of hydrogen-bond acceptors (Lipinski definition) is 3. The number of rotatable bonds is 5. The molecule has 1 aromatic heterocycles. The standard InChI is InChI=1S/C10H17NS2/c1-8-6-10(13-9(8)2)7-11-4-5-12-3/h6,11H,4-5,7H2,1-3H3. The molecule has 0 aliphatic heterocycles. The van der Waals surface area contributed by atoms with Crippen LogP contribution in [0, 0.1) is 13.8 Å². The molecule has 0 spiro atoms. The molecule has 0 fully saturated rings. The maximum absolute atomic E-state index is 3.43. The molecule has 0 aromatic carbocycles. The normalized spacial score (nSPS) is 10.7. The fourth-order valence-electron chi connectivity index (χ4n) is 1.12. The fraction of sp³-hybridized carbons (Fsp3) is 0.600. The summed E-state index contributed by atoms with van der Waals surface area (Å²) in [6.07, 6.45) is 2.14. The minimum Gasteiger partial charge on any atom is -0.311 e. The van der Waals surface area contributed by atoms with E-state index in [1.807, 2.05) is 23.1 Å². The van der Waals surface area contributed by atoms with Crippen molar-refractivity contribution in [1.82, 2.24) is 5.32 Å². The molecule has 1 rings (SSSR count). The summed E-state index contributed by atoms with van der Waals surface area (Å²) in [5.74, 6) is 1.20. The summed E-state index contributed by atoms with van der Waals surface area (Å²) in [5.41, 5.74) is 1.42. The average Bonchev–Trinajstić information content (AvgIpc) is 2.41. The van der Waals surface area contributed by atoms with Crippen LogP contribution in [0.25, 0.3) is 0 Å². The van der Waals surface area contributed by atoms with Crippen molar-refractivity contribution in [2.24, 2.45) is 0 Å². The Bertz CT molecular complexity index is 236. The molecule has 0 aliphatic rings. The Kier molecular flexibility index (Phi) is 4.84. The van der Waals surface area contributed by atoms with E-state index < -0.39 is 0 Å². The number of hydrogen-bond donors (Lipinski definition) is 1. The van der Waals surface area contributed by atoms with Crippen molar-refractivity contribution in [1.29, 1.82) is 0 Å². The molecule has 0 atom stereocenters. The van der Waals surface area contributed by atoms with Gasteiger partial charge in [0.1, 0.15) is 0 Å². The maximum atomic E-state index is 3.43. The number of thiophene rings is 1. The Balaban J connectivity index is 2.29. The second-order valence-electron chi connectivity index (χ2n) is 3.12. The summed E-state index contributed by atoms with van der Waals surface area (Å²) >= 11 is 3.79. The second kappa shape index (κ2) is 5.68. The second-order valence-corrected chi connectivity index (χ2v) is 5.45. The van der Waals surface area contributed by atoms with Gasteiger partial charge in [0.25, 0.3) is 0 Å². The van der Waals surface area contributed by atoms with Gasteiger partial charge in [-0.25, -0.2) is 0 Å². The summed E-state index contributed by atoms with van der Waals surface area (Å²) in [6, 6.07) is 2.28. The Morgan fingerprint density at radius 3 is 2.77 bits per heavy atom. The van der Waals surface area contributed by atoms with E-state index in [1.54, 1.807) is 0 Å². The lowest BCUT2D eigenvalue weighted by molar-refractivity contribution is 0.741. The topological polar surface area (TPSA) is 12.0 Å². The first kappa shape index (κ1) is 11.1. The van der Waals surface area contributed by atoms with E-state index in [1.165, 1.54) is 21.1 Å². The third-order valence-electron chi connectivity index (χ3n) is 2.00. The molecule has 0 radical (unpaired) electrons. The SMILES string of the molecule is CSCCNCc1cc(C)c(C)s1. The van der Waals surface area contributed by atoms with Crippen molar-refractivity contribution in [3.63, 3.8) is 0 Å². The highest BCUT2D eigenvalue weighted by Gasteiger charge is 1.99. The van der Waals surface area contributed by atoms with Gasteiger partial charge < -0.3 is 5.32 Å². The van der Waals surface area contributed by atoms with Crippen LogP contribution in [-0.2, 0) is 6.54 Å². The van der Waals surface area contributed by atoms with E-state index >= 15 is 0 Å². The van der Waals surface area contributed by atoms with Crippen LogP contribution in [-0.4, -0.2) is 18.6 Å². The van der Waals surface area contributed by atoms with Gasteiger partial charge in [0.2, 0.25) is 0 Å². The first-order valence-corrected chi connectivity index (χ1v) is 6.70. The van der Waals surface area contributed by atoms with Crippen LogP contribution in [0.15, 0.2) is 6.07 Å². The van der Waals surface area contributed by atoms with Gasteiger partial charge in [0, 0.05) is 28.6 Å². The van der Waals surface area contributed by atoms with E-state index in [2.05, 4.69) is 31.5 Å². The number of aryl methyl sites for hydroxylation is 2. The minimum absolute atomic E-state index is 1.03. The molecule has 0 unspecified atom stereocenters. The third-order valence-corrected chi connectivity index (χ3v) is 3.76. The first-order valence-electron chi connectivity index (χ1n) is 4.49. The lowest BCUT2D eigenvalue weighted by Gasteiger charge is -1.99. The van der Waals surface area contributed by atoms with Gasteiger partial charge in [-0.05, 0) is 31.7 Å². The molecule has 13 heavy (non-hydrogen) atoms. The fourth-order valence-corrected chi connectivity index (χ4v) is 2.49. The molecule has 1 nitrogen and oxygen atoms in total. The van der Waals surface area contributed by atoms with Crippen LogP contribution >= 0.6 is 23.1 Å². The molecule has 1 aromatic rings. The quantitative estimate of drug-likeness (QED) is 0.758. The minimum atomic E-state index is 1.03. The molecular weight excluding hydrogens is 198 g/mol. The highest BCUT2D eigenvalue weighted by atomic mass is 32.2. The van der Waals surface area contributed by atoms with Gasteiger partial charge in [0.15, 0.2) is 0 Å². The molecule has 0 amide bonds. The van der Waals surface area contributed by atoms with Gasteiger partial charge in [-0.3, -0.25) is 0 Å².